The average Bonchev–Trinajstić information content (AvgIpc) is 3.13. The van der Waals surface area contributed by atoms with E-state index in [0.29, 0.717) is 23.7 Å². The molecule has 0 unspecified atom stereocenters. The molecule has 0 spiro atoms. The summed E-state index contributed by atoms with van der Waals surface area (Å²) in [6.07, 6.45) is -6.16. The quantitative estimate of drug-likeness (QED) is 0.143. The van der Waals surface area contributed by atoms with Gasteiger partial charge < -0.3 is 24.1 Å². The Morgan fingerprint density at radius 3 is 1.98 bits per heavy atom. The molecule has 0 aliphatic carbocycles. The van der Waals surface area contributed by atoms with Gasteiger partial charge in [0.2, 0.25) is 0 Å². The van der Waals surface area contributed by atoms with Gasteiger partial charge in [-0.25, -0.2) is 14.5 Å². The predicted octanol–water partition coefficient (Wildman–Crippen LogP) is 9.57. The fourth-order valence-electron chi connectivity index (χ4n) is 6.13. The van der Waals surface area contributed by atoms with Crippen LogP contribution in [0.1, 0.15) is 62.4 Å². The van der Waals surface area contributed by atoms with Crippen molar-refractivity contribution >= 4 is 18.1 Å². The Morgan fingerprint density at radius 2 is 1.39 bits per heavy atom. The molecule has 1 N–H and O–H groups in total. The zero-order valence-corrected chi connectivity index (χ0v) is 32.1. The van der Waals surface area contributed by atoms with Crippen molar-refractivity contribution in [2.24, 2.45) is 5.92 Å². The maximum absolute atomic E-state index is 14.0. The molecule has 0 saturated heterocycles. The minimum absolute atomic E-state index is 0.00507. The Labute approximate surface area is 324 Å². The molecule has 56 heavy (non-hydrogen) atoms. The normalized spacial score (nSPS) is 14.2. The summed E-state index contributed by atoms with van der Waals surface area (Å²) in [5, 5.41) is 10.2. The van der Waals surface area contributed by atoms with Gasteiger partial charge in [-0.3, -0.25) is 9.69 Å². The molecule has 1 heterocycles. The number of benzene rings is 4. The van der Waals surface area contributed by atoms with Crippen LogP contribution in [0.5, 0.6) is 23.0 Å². The van der Waals surface area contributed by atoms with Gasteiger partial charge in [-0.1, -0.05) is 77.1 Å². The van der Waals surface area contributed by atoms with Crippen LogP contribution in [-0.2, 0) is 40.8 Å². The lowest BCUT2D eigenvalue weighted by molar-refractivity contribution is -0.274. The molecular formula is C43H47F3N2O8. The molecule has 4 aromatic rings. The molecule has 1 aliphatic heterocycles. The first-order valence-corrected chi connectivity index (χ1v) is 18.4. The van der Waals surface area contributed by atoms with Crippen LogP contribution in [0.25, 0.3) is 0 Å². The summed E-state index contributed by atoms with van der Waals surface area (Å²) in [4.78, 5) is 41.9. The maximum Gasteiger partial charge on any atom is 0.573 e. The van der Waals surface area contributed by atoms with Crippen LogP contribution in [0.15, 0.2) is 91.0 Å². The Hall–Kier alpha value is -5.72. The van der Waals surface area contributed by atoms with E-state index < -0.39 is 30.5 Å². The van der Waals surface area contributed by atoms with Crippen LogP contribution in [0, 0.1) is 5.92 Å². The second-order valence-corrected chi connectivity index (χ2v) is 15.1. The van der Waals surface area contributed by atoms with Crippen LogP contribution in [0.2, 0.25) is 0 Å². The Kier molecular flexibility index (Phi) is 13.2. The molecule has 4 aromatic carbocycles. The summed E-state index contributed by atoms with van der Waals surface area (Å²) in [7, 11) is 0. The number of hydrogen-bond donors (Lipinski definition) is 1. The van der Waals surface area contributed by atoms with Crippen molar-refractivity contribution in [1.29, 1.82) is 0 Å². The molecule has 0 fully saturated rings. The highest BCUT2D eigenvalue weighted by Crippen LogP contribution is 2.32. The SMILES string of the molecule is CC(C)COC(=O)N1Cc2cc(Oc3ccc(C(C)(C)C)cc3)ccc2C[C@H]1C(=O)N(CCc1ccc(OCCc2ccc(OC(F)(F)F)cc2)cc1)C(=O)O. The number of hydrogen-bond acceptors (Lipinski definition) is 7. The standard InChI is InChI=1S/C43H47F3N2O8/c1-28(2)27-54-41(52)48-26-32-24-37(55-35-18-11-33(12-19-35)42(3,4)5)17-10-31(32)25-38(48)39(49)47(40(50)51)22-20-29-6-13-34(14-7-29)53-23-21-30-8-15-36(16-9-30)56-43(44,45)46/h6-19,24,28,38H,20-23,25-27H2,1-5H3,(H,50,51)/t38-/m0/s1. The van der Waals surface area contributed by atoms with Crippen molar-refractivity contribution in [3.05, 3.63) is 119 Å². The van der Waals surface area contributed by atoms with Gasteiger partial charge in [0.25, 0.3) is 5.91 Å². The second-order valence-electron chi connectivity index (χ2n) is 15.1. The van der Waals surface area contributed by atoms with Gasteiger partial charge in [0.05, 0.1) is 19.8 Å². The van der Waals surface area contributed by atoms with E-state index in [-0.39, 0.29) is 56.2 Å². The number of imide groups is 1. The summed E-state index contributed by atoms with van der Waals surface area (Å²) in [6, 6.07) is 24.7. The third-order valence-electron chi connectivity index (χ3n) is 9.18. The first-order chi connectivity index (χ1) is 26.4. The number of carbonyl (C=O) groups excluding carboxylic acids is 2. The van der Waals surface area contributed by atoms with E-state index in [4.69, 9.17) is 14.2 Å². The van der Waals surface area contributed by atoms with Crippen molar-refractivity contribution < 1.29 is 51.6 Å². The monoisotopic (exact) mass is 776 g/mol. The number of fused-ring (bicyclic) bond motifs is 1. The highest BCUT2D eigenvalue weighted by molar-refractivity contribution is 5.96. The molecule has 5 rings (SSSR count). The fraction of sp³-hybridized carbons (Fsp3) is 0.372. The third kappa shape index (κ3) is 11.6. The average molecular weight is 777 g/mol. The summed E-state index contributed by atoms with van der Waals surface area (Å²) < 4.78 is 58.6. The third-order valence-corrected chi connectivity index (χ3v) is 9.18. The topological polar surface area (TPSA) is 115 Å². The smallest absolute Gasteiger partial charge is 0.493 e. The summed E-state index contributed by atoms with van der Waals surface area (Å²) >= 11 is 0. The largest absolute Gasteiger partial charge is 0.573 e. The number of nitrogens with zero attached hydrogens (tertiary/aromatic N) is 2. The molecule has 0 radical (unpaired) electrons. The fourth-order valence-corrected chi connectivity index (χ4v) is 6.13. The number of halogens is 3. The number of carbonyl (C=O) groups is 3. The second kappa shape index (κ2) is 17.8. The summed E-state index contributed by atoms with van der Waals surface area (Å²) in [5.41, 5.74) is 4.23. The zero-order chi connectivity index (χ0) is 40.6. The van der Waals surface area contributed by atoms with Crippen molar-refractivity contribution in [3.63, 3.8) is 0 Å². The molecular weight excluding hydrogens is 729 g/mol. The number of ether oxygens (including phenoxy) is 4. The van der Waals surface area contributed by atoms with Gasteiger partial charge in [-0.2, -0.15) is 0 Å². The number of rotatable bonds is 13. The molecule has 10 nitrogen and oxygen atoms in total. The van der Waals surface area contributed by atoms with Crippen LogP contribution >= 0.6 is 0 Å². The lowest BCUT2D eigenvalue weighted by Gasteiger charge is -2.37. The van der Waals surface area contributed by atoms with Gasteiger partial charge >= 0.3 is 18.5 Å². The lowest BCUT2D eigenvalue weighted by atomic mass is 9.87. The van der Waals surface area contributed by atoms with Gasteiger partial charge in [-0.05, 0) is 94.1 Å². The highest BCUT2D eigenvalue weighted by Gasteiger charge is 2.40. The van der Waals surface area contributed by atoms with E-state index in [9.17, 15) is 32.7 Å². The van der Waals surface area contributed by atoms with E-state index >= 15 is 0 Å². The number of amides is 3. The molecule has 0 aromatic heterocycles. The van der Waals surface area contributed by atoms with E-state index in [1.165, 1.54) is 34.7 Å². The summed E-state index contributed by atoms with van der Waals surface area (Å²) in [6.45, 7) is 10.5. The minimum Gasteiger partial charge on any atom is -0.493 e. The van der Waals surface area contributed by atoms with Gasteiger partial charge in [0.15, 0.2) is 0 Å². The Balaban J connectivity index is 1.22. The molecule has 0 saturated carbocycles. The van der Waals surface area contributed by atoms with Crippen molar-refractivity contribution in [3.8, 4) is 23.0 Å². The predicted molar refractivity (Wildman–Crippen MR) is 203 cm³/mol. The van der Waals surface area contributed by atoms with Gasteiger partial charge in [0, 0.05) is 19.4 Å². The van der Waals surface area contributed by atoms with Crippen molar-refractivity contribution in [1.82, 2.24) is 9.80 Å². The lowest BCUT2D eigenvalue weighted by Crippen LogP contribution is -2.55. The number of carboxylic acid groups (broad SMARTS) is 1. The van der Waals surface area contributed by atoms with E-state index in [0.717, 1.165) is 27.2 Å². The van der Waals surface area contributed by atoms with Crippen LogP contribution in [0.3, 0.4) is 0 Å². The molecule has 3 amide bonds. The van der Waals surface area contributed by atoms with E-state index in [1.54, 1.807) is 30.3 Å². The van der Waals surface area contributed by atoms with E-state index in [2.05, 4.69) is 25.5 Å². The highest BCUT2D eigenvalue weighted by atomic mass is 19.4. The van der Waals surface area contributed by atoms with Gasteiger partial charge in [-0.15, -0.1) is 13.2 Å². The molecule has 13 heteroatoms. The van der Waals surface area contributed by atoms with Crippen LogP contribution in [0.4, 0.5) is 22.8 Å². The first-order valence-electron chi connectivity index (χ1n) is 18.4. The molecule has 1 aliphatic rings. The molecule has 298 valence electrons. The minimum atomic E-state index is -4.76. The summed E-state index contributed by atoms with van der Waals surface area (Å²) in [5.74, 6) is 0.765. The first kappa shape index (κ1) is 41.4. The van der Waals surface area contributed by atoms with Gasteiger partial charge in [0.1, 0.15) is 29.0 Å². The maximum atomic E-state index is 14.0. The molecule has 1 atom stereocenters. The molecule has 0 bridgehead atoms. The van der Waals surface area contributed by atoms with Crippen LogP contribution in [-0.4, -0.2) is 65.2 Å². The Morgan fingerprint density at radius 1 is 0.804 bits per heavy atom. The van der Waals surface area contributed by atoms with E-state index in [1.807, 2.05) is 50.2 Å². The Bertz CT molecular complexity index is 1960. The van der Waals surface area contributed by atoms with Crippen molar-refractivity contribution in [2.75, 3.05) is 19.8 Å². The zero-order valence-electron chi connectivity index (χ0n) is 32.1. The van der Waals surface area contributed by atoms with Crippen LogP contribution < -0.4 is 14.2 Å². The number of alkyl halides is 3. The van der Waals surface area contributed by atoms with Crippen molar-refractivity contribution in [2.45, 2.75) is 78.2 Å².